The molecule has 0 aliphatic heterocycles. The highest BCUT2D eigenvalue weighted by atomic mass is 19.4. The fourth-order valence-corrected chi connectivity index (χ4v) is 2.12. The van der Waals surface area contributed by atoms with Crippen LogP contribution in [-0.2, 0) is 11.0 Å². The molecule has 2 rings (SSSR count). The maximum atomic E-state index is 12.5. The van der Waals surface area contributed by atoms with Gasteiger partial charge < -0.3 is 9.57 Å². The lowest BCUT2D eigenvalue weighted by Gasteiger charge is -2.09. The van der Waals surface area contributed by atoms with Crippen molar-refractivity contribution in [2.75, 3.05) is 6.61 Å². The van der Waals surface area contributed by atoms with Gasteiger partial charge in [0.2, 0.25) is 5.78 Å². The maximum absolute atomic E-state index is 12.5. The highest BCUT2D eigenvalue weighted by Crippen LogP contribution is 2.29. The van der Waals surface area contributed by atoms with Crippen LogP contribution in [0, 0.1) is 0 Å². The van der Waals surface area contributed by atoms with Crippen LogP contribution in [0.2, 0.25) is 0 Å². The van der Waals surface area contributed by atoms with Gasteiger partial charge in [-0.25, -0.2) is 4.79 Å². The minimum absolute atomic E-state index is 0.130. The Labute approximate surface area is 159 Å². The smallest absolute Gasteiger partial charge is 0.416 e. The first-order valence-electron chi connectivity index (χ1n) is 8.04. The van der Waals surface area contributed by atoms with E-state index in [4.69, 9.17) is 4.74 Å². The number of benzene rings is 2. The van der Waals surface area contributed by atoms with Gasteiger partial charge >= 0.3 is 12.1 Å². The van der Waals surface area contributed by atoms with Crippen LogP contribution in [0.1, 0.15) is 33.2 Å². The quantitative estimate of drug-likeness (QED) is 0.226. The third-order valence-electron chi connectivity index (χ3n) is 3.53. The second-order valence-electron chi connectivity index (χ2n) is 5.56. The first-order valence-corrected chi connectivity index (χ1v) is 8.04. The Morgan fingerprint density at radius 3 is 2.36 bits per heavy atom. The first-order chi connectivity index (χ1) is 13.2. The Kier molecular flexibility index (Phi) is 6.70. The van der Waals surface area contributed by atoms with Gasteiger partial charge in [0.25, 0.3) is 0 Å². The van der Waals surface area contributed by atoms with Gasteiger partial charge in [-0.3, -0.25) is 4.79 Å². The van der Waals surface area contributed by atoms with Crippen LogP contribution in [0.15, 0.2) is 66.3 Å². The second-order valence-corrected chi connectivity index (χ2v) is 5.56. The molecule has 0 saturated heterocycles. The summed E-state index contributed by atoms with van der Waals surface area (Å²) in [7, 11) is 0. The van der Waals surface area contributed by atoms with E-state index in [0.29, 0.717) is 5.75 Å². The monoisotopic (exact) mass is 391 g/mol. The third-order valence-corrected chi connectivity index (χ3v) is 3.53. The topological polar surface area (TPSA) is 65.0 Å². The Balaban J connectivity index is 2.10. The zero-order chi connectivity index (χ0) is 20.7. The third kappa shape index (κ3) is 5.29. The van der Waals surface area contributed by atoms with Crippen LogP contribution in [0.4, 0.5) is 13.2 Å². The summed E-state index contributed by atoms with van der Waals surface area (Å²) in [5.41, 5.74) is -0.937. The van der Waals surface area contributed by atoms with Crippen LogP contribution < -0.4 is 4.74 Å². The highest BCUT2D eigenvalue weighted by Gasteiger charge is 2.30. The maximum Gasteiger partial charge on any atom is 0.416 e. The van der Waals surface area contributed by atoms with Gasteiger partial charge in [-0.1, -0.05) is 29.9 Å². The molecular weight excluding hydrogens is 375 g/mol. The van der Waals surface area contributed by atoms with E-state index < -0.39 is 23.5 Å². The molecular formula is C20H16F3NO4. The van der Waals surface area contributed by atoms with Crippen molar-refractivity contribution in [3.8, 4) is 5.75 Å². The summed E-state index contributed by atoms with van der Waals surface area (Å²) in [4.78, 5) is 29.1. The van der Waals surface area contributed by atoms with E-state index in [-0.39, 0.29) is 23.4 Å². The molecule has 0 bridgehead atoms. The Hall–Kier alpha value is -3.42. The number of nitrogens with zero attached hydrogens (tertiary/aromatic N) is 1. The lowest BCUT2D eigenvalue weighted by atomic mass is 10.1. The summed E-state index contributed by atoms with van der Waals surface area (Å²) < 4.78 is 43.0. The van der Waals surface area contributed by atoms with E-state index in [1.807, 2.05) is 0 Å². The van der Waals surface area contributed by atoms with Crippen LogP contribution in [0.25, 0.3) is 0 Å². The van der Waals surface area contributed by atoms with Gasteiger partial charge in [0.1, 0.15) is 18.1 Å². The van der Waals surface area contributed by atoms with Crippen LogP contribution in [0.3, 0.4) is 0 Å². The SMILES string of the molecule is C=CCOc1ccccc1C(=O)C(C)=NOC(=O)c1ccc(C(F)(F)F)cc1. The normalized spacial score (nSPS) is 11.6. The number of ether oxygens (including phenoxy) is 1. The van der Waals surface area contributed by atoms with Gasteiger partial charge in [-0.05, 0) is 43.3 Å². The average Bonchev–Trinajstić information content (AvgIpc) is 2.69. The Morgan fingerprint density at radius 1 is 1.11 bits per heavy atom. The molecule has 0 atom stereocenters. The molecule has 0 aliphatic rings. The molecule has 2 aromatic rings. The minimum atomic E-state index is -4.51. The zero-order valence-electron chi connectivity index (χ0n) is 14.8. The zero-order valence-corrected chi connectivity index (χ0v) is 14.8. The lowest BCUT2D eigenvalue weighted by Crippen LogP contribution is -2.14. The molecule has 0 saturated carbocycles. The molecule has 0 spiro atoms. The number of halogens is 3. The highest BCUT2D eigenvalue weighted by molar-refractivity contribution is 6.45. The van der Waals surface area contributed by atoms with Gasteiger partial charge in [0, 0.05) is 0 Å². The van der Waals surface area contributed by atoms with Crippen molar-refractivity contribution in [2.24, 2.45) is 5.16 Å². The molecule has 0 aliphatic carbocycles. The number of para-hydroxylation sites is 1. The second kappa shape index (κ2) is 8.98. The molecule has 28 heavy (non-hydrogen) atoms. The molecule has 5 nitrogen and oxygen atoms in total. The molecule has 0 fully saturated rings. The van der Waals surface area contributed by atoms with Crippen LogP contribution >= 0.6 is 0 Å². The Morgan fingerprint density at radius 2 is 1.75 bits per heavy atom. The van der Waals surface area contributed by atoms with Crippen molar-refractivity contribution >= 4 is 17.5 Å². The molecule has 2 aromatic carbocycles. The lowest BCUT2D eigenvalue weighted by molar-refractivity contribution is -0.137. The van der Waals surface area contributed by atoms with Crippen LogP contribution in [-0.4, -0.2) is 24.1 Å². The number of carbonyl (C=O) groups is 2. The number of alkyl halides is 3. The largest absolute Gasteiger partial charge is 0.489 e. The van der Waals surface area contributed by atoms with E-state index in [2.05, 4.69) is 16.6 Å². The van der Waals surface area contributed by atoms with Crippen molar-refractivity contribution in [1.82, 2.24) is 0 Å². The molecule has 0 aromatic heterocycles. The predicted molar refractivity (Wildman–Crippen MR) is 96.4 cm³/mol. The molecule has 0 unspecified atom stereocenters. The summed E-state index contributed by atoms with van der Waals surface area (Å²) in [6.07, 6.45) is -2.99. The van der Waals surface area contributed by atoms with E-state index >= 15 is 0 Å². The first kappa shape index (κ1) is 20.9. The van der Waals surface area contributed by atoms with Crippen molar-refractivity contribution < 1.29 is 32.3 Å². The molecule has 146 valence electrons. The van der Waals surface area contributed by atoms with E-state index in [9.17, 15) is 22.8 Å². The Bertz CT molecular complexity index is 902. The fourth-order valence-electron chi connectivity index (χ4n) is 2.12. The van der Waals surface area contributed by atoms with E-state index in [1.54, 1.807) is 18.2 Å². The van der Waals surface area contributed by atoms with Gasteiger partial charge in [-0.15, -0.1) is 0 Å². The molecule has 0 amide bonds. The molecule has 8 heteroatoms. The predicted octanol–water partition coefficient (Wildman–Crippen LogP) is 4.69. The van der Waals surface area contributed by atoms with E-state index in [0.717, 1.165) is 24.3 Å². The van der Waals surface area contributed by atoms with Gasteiger partial charge in [0.05, 0.1) is 16.7 Å². The molecule has 0 radical (unpaired) electrons. The number of oxime groups is 1. The summed E-state index contributed by atoms with van der Waals surface area (Å²) in [5.74, 6) is -1.20. The molecule has 0 N–H and O–H groups in total. The van der Waals surface area contributed by atoms with Crippen LogP contribution in [0.5, 0.6) is 5.75 Å². The van der Waals surface area contributed by atoms with Gasteiger partial charge in [0.15, 0.2) is 0 Å². The van der Waals surface area contributed by atoms with Gasteiger partial charge in [-0.2, -0.15) is 13.2 Å². The van der Waals surface area contributed by atoms with Crippen molar-refractivity contribution in [3.63, 3.8) is 0 Å². The number of hydrogen-bond donors (Lipinski definition) is 0. The van der Waals surface area contributed by atoms with Crippen molar-refractivity contribution in [2.45, 2.75) is 13.1 Å². The summed E-state index contributed by atoms with van der Waals surface area (Å²) in [5, 5.41) is 3.49. The average molecular weight is 391 g/mol. The number of Topliss-reactive ketones (excluding diaryl/α,β-unsaturated/α-hetero) is 1. The number of rotatable bonds is 7. The minimum Gasteiger partial charge on any atom is -0.489 e. The standard InChI is InChI=1S/C20H16F3NO4/c1-3-12-27-17-7-5-4-6-16(17)18(25)13(2)24-28-19(26)14-8-10-15(11-9-14)20(21,22)23/h3-11H,1,12H2,2H3. The van der Waals surface area contributed by atoms with Crippen molar-refractivity contribution in [3.05, 3.63) is 77.9 Å². The summed E-state index contributed by atoms with van der Waals surface area (Å²) in [6.45, 7) is 5.07. The fraction of sp³-hybridized carbons (Fsp3) is 0.150. The number of carbonyl (C=O) groups excluding carboxylic acids is 2. The van der Waals surface area contributed by atoms with E-state index in [1.165, 1.54) is 19.1 Å². The number of ketones is 1. The summed E-state index contributed by atoms with van der Waals surface area (Å²) in [6, 6.07) is 9.89. The number of hydrogen-bond acceptors (Lipinski definition) is 5. The molecule has 0 heterocycles. The summed E-state index contributed by atoms with van der Waals surface area (Å²) >= 11 is 0. The van der Waals surface area contributed by atoms with Crippen molar-refractivity contribution in [1.29, 1.82) is 0 Å².